The lowest BCUT2D eigenvalue weighted by molar-refractivity contribution is 0.311. The summed E-state index contributed by atoms with van der Waals surface area (Å²) in [6.45, 7) is 3.19. The predicted octanol–water partition coefficient (Wildman–Crippen LogP) is 2.04. The minimum absolute atomic E-state index is 0.0304. The highest BCUT2D eigenvalue weighted by atomic mass is 32.2. The number of nitrogens with zero attached hydrogens (tertiary/aromatic N) is 6. The predicted molar refractivity (Wildman–Crippen MR) is 109 cm³/mol. The Morgan fingerprint density at radius 3 is 2.57 bits per heavy atom. The molecule has 0 saturated carbocycles. The third kappa shape index (κ3) is 3.47. The summed E-state index contributed by atoms with van der Waals surface area (Å²) in [7, 11) is -1.48. The van der Waals surface area contributed by atoms with Gasteiger partial charge in [0.25, 0.3) is 5.78 Å². The topological polar surface area (TPSA) is 83.7 Å². The zero-order chi connectivity index (χ0) is 19.7. The number of hydrogen-bond donors (Lipinski definition) is 0. The zero-order valence-corrected chi connectivity index (χ0v) is 16.9. The first-order chi connectivity index (χ1) is 13.5. The molecule has 9 heteroatoms. The molecule has 1 saturated heterocycles. The van der Waals surface area contributed by atoms with Gasteiger partial charge in [0, 0.05) is 37.8 Å². The van der Waals surface area contributed by atoms with Crippen molar-refractivity contribution in [1.82, 2.24) is 23.9 Å². The van der Waals surface area contributed by atoms with Gasteiger partial charge in [-0.2, -0.15) is 14.6 Å². The molecule has 148 valence electrons. The Hall–Kier alpha value is -2.52. The standard InChI is InChI=1S/C19H24N6O2S/c1-3-28(26,27)23(2)16-9-11-24(12-10-16)18-13-17(15-7-5-4-6-8-15)22-19-20-14-21-25(18)19/h4-8,13-14,16H,3,9-12H2,1-2H3. The van der Waals surface area contributed by atoms with Crippen LogP contribution in [-0.2, 0) is 10.0 Å². The molecule has 28 heavy (non-hydrogen) atoms. The summed E-state index contributed by atoms with van der Waals surface area (Å²) in [5.41, 5.74) is 1.88. The van der Waals surface area contributed by atoms with Gasteiger partial charge in [-0.3, -0.25) is 0 Å². The first kappa shape index (κ1) is 18.8. The van der Waals surface area contributed by atoms with Gasteiger partial charge in [-0.25, -0.2) is 17.7 Å². The number of anilines is 1. The third-order valence-electron chi connectivity index (χ3n) is 5.41. The monoisotopic (exact) mass is 400 g/mol. The van der Waals surface area contributed by atoms with E-state index in [1.807, 2.05) is 36.4 Å². The number of piperidine rings is 1. The number of aromatic nitrogens is 4. The van der Waals surface area contributed by atoms with Crippen molar-refractivity contribution in [2.45, 2.75) is 25.8 Å². The molecule has 1 aliphatic rings. The summed E-state index contributed by atoms with van der Waals surface area (Å²) in [6.07, 6.45) is 3.05. The molecular formula is C19H24N6O2S. The third-order valence-corrected chi connectivity index (χ3v) is 7.31. The van der Waals surface area contributed by atoms with Gasteiger partial charge in [0.2, 0.25) is 10.0 Å². The second-order valence-corrected chi connectivity index (χ2v) is 9.29. The van der Waals surface area contributed by atoms with Crippen molar-refractivity contribution < 1.29 is 8.42 Å². The highest BCUT2D eigenvalue weighted by Crippen LogP contribution is 2.27. The molecule has 0 spiro atoms. The van der Waals surface area contributed by atoms with Crippen molar-refractivity contribution in [1.29, 1.82) is 0 Å². The van der Waals surface area contributed by atoms with Crippen LogP contribution in [0.15, 0.2) is 42.7 Å². The Bertz CT molecular complexity index is 1060. The SMILES string of the molecule is CCS(=O)(=O)N(C)C1CCN(c2cc(-c3ccccc3)nc3ncnn23)CC1. The fourth-order valence-electron chi connectivity index (χ4n) is 3.67. The molecular weight excluding hydrogens is 376 g/mol. The summed E-state index contributed by atoms with van der Waals surface area (Å²) in [6, 6.07) is 12.1. The summed E-state index contributed by atoms with van der Waals surface area (Å²) in [5.74, 6) is 1.62. The Kier molecular flexibility index (Phi) is 5.03. The number of sulfonamides is 1. The van der Waals surface area contributed by atoms with E-state index in [0.717, 1.165) is 43.0 Å². The summed E-state index contributed by atoms with van der Waals surface area (Å²) in [5, 5.41) is 4.33. The first-order valence-corrected chi connectivity index (χ1v) is 11.1. The number of fused-ring (bicyclic) bond motifs is 1. The normalized spacial score (nSPS) is 16.2. The van der Waals surface area contributed by atoms with Crippen molar-refractivity contribution in [3.05, 3.63) is 42.7 Å². The van der Waals surface area contributed by atoms with Crippen LogP contribution in [0.3, 0.4) is 0 Å². The van der Waals surface area contributed by atoms with E-state index >= 15 is 0 Å². The van der Waals surface area contributed by atoms with E-state index in [-0.39, 0.29) is 11.8 Å². The van der Waals surface area contributed by atoms with E-state index in [1.165, 1.54) is 10.6 Å². The molecule has 1 fully saturated rings. The van der Waals surface area contributed by atoms with Gasteiger partial charge in [0.05, 0.1) is 11.4 Å². The average molecular weight is 401 g/mol. The molecule has 3 aromatic rings. The van der Waals surface area contributed by atoms with Crippen LogP contribution in [0, 0.1) is 0 Å². The van der Waals surface area contributed by atoms with E-state index in [0.29, 0.717) is 5.78 Å². The van der Waals surface area contributed by atoms with E-state index < -0.39 is 10.0 Å². The van der Waals surface area contributed by atoms with E-state index in [9.17, 15) is 8.42 Å². The summed E-state index contributed by atoms with van der Waals surface area (Å²) in [4.78, 5) is 11.1. The first-order valence-electron chi connectivity index (χ1n) is 9.46. The highest BCUT2D eigenvalue weighted by Gasteiger charge is 2.29. The van der Waals surface area contributed by atoms with Crippen molar-refractivity contribution >= 4 is 21.6 Å². The van der Waals surface area contributed by atoms with Crippen LogP contribution in [0.5, 0.6) is 0 Å². The number of hydrogen-bond acceptors (Lipinski definition) is 6. The lowest BCUT2D eigenvalue weighted by Crippen LogP contribution is -2.46. The van der Waals surface area contributed by atoms with Crippen molar-refractivity contribution in [2.75, 3.05) is 30.8 Å². The lowest BCUT2D eigenvalue weighted by atomic mass is 10.1. The molecule has 0 aliphatic carbocycles. The van der Waals surface area contributed by atoms with Crippen LogP contribution < -0.4 is 4.90 Å². The Balaban J connectivity index is 1.61. The van der Waals surface area contributed by atoms with E-state index in [2.05, 4.69) is 20.0 Å². The maximum absolute atomic E-state index is 12.2. The van der Waals surface area contributed by atoms with Crippen LogP contribution in [0.25, 0.3) is 17.0 Å². The molecule has 0 radical (unpaired) electrons. The van der Waals surface area contributed by atoms with E-state index in [4.69, 9.17) is 0 Å². The Morgan fingerprint density at radius 2 is 1.89 bits per heavy atom. The minimum Gasteiger partial charge on any atom is -0.356 e. The molecule has 3 heterocycles. The molecule has 0 amide bonds. The molecule has 0 bridgehead atoms. The lowest BCUT2D eigenvalue weighted by Gasteiger charge is -2.37. The molecule has 1 aliphatic heterocycles. The molecule has 1 aromatic carbocycles. The van der Waals surface area contributed by atoms with E-state index in [1.54, 1.807) is 18.5 Å². The molecule has 8 nitrogen and oxygen atoms in total. The van der Waals surface area contributed by atoms with Gasteiger partial charge in [0.1, 0.15) is 12.1 Å². The van der Waals surface area contributed by atoms with Crippen molar-refractivity contribution in [2.24, 2.45) is 0 Å². The van der Waals surface area contributed by atoms with Crippen molar-refractivity contribution in [3.8, 4) is 11.3 Å². The fraction of sp³-hybridized carbons (Fsp3) is 0.421. The van der Waals surface area contributed by atoms with Crippen LogP contribution >= 0.6 is 0 Å². The molecule has 4 rings (SSSR count). The fourth-order valence-corrected chi connectivity index (χ4v) is 4.74. The van der Waals surface area contributed by atoms with Crippen LogP contribution in [0.1, 0.15) is 19.8 Å². The second-order valence-electron chi connectivity index (χ2n) is 6.97. The van der Waals surface area contributed by atoms with Crippen molar-refractivity contribution in [3.63, 3.8) is 0 Å². The maximum Gasteiger partial charge on any atom is 0.254 e. The van der Waals surface area contributed by atoms with Gasteiger partial charge in [-0.05, 0) is 19.8 Å². The second kappa shape index (κ2) is 7.48. The quantitative estimate of drug-likeness (QED) is 0.652. The van der Waals surface area contributed by atoms with Crippen LogP contribution in [-0.4, -0.2) is 64.2 Å². The smallest absolute Gasteiger partial charge is 0.254 e. The molecule has 2 aromatic heterocycles. The summed E-state index contributed by atoms with van der Waals surface area (Å²) >= 11 is 0. The van der Waals surface area contributed by atoms with Gasteiger partial charge in [-0.15, -0.1) is 0 Å². The van der Waals surface area contributed by atoms with Gasteiger partial charge in [0.15, 0.2) is 0 Å². The molecule has 0 N–H and O–H groups in total. The minimum atomic E-state index is -3.17. The Morgan fingerprint density at radius 1 is 1.18 bits per heavy atom. The molecule has 0 atom stereocenters. The van der Waals surface area contributed by atoms with Gasteiger partial charge < -0.3 is 4.90 Å². The largest absolute Gasteiger partial charge is 0.356 e. The maximum atomic E-state index is 12.2. The van der Waals surface area contributed by atoms with Crippen LogP contribution in [0.2, 0.25) is 0 Å². The summed E-state index contributed by atoms with van der Waals surface area (Å²) < 4.78 is 27.6. The zero-order valence-electron chi connectivity index (χ0n) is 16.1. The van der Waals surface area contributed by atoms with Gasteiger partial charge in [-0.1, -0.05) is 30.3 Å². The van der Waals surface area contributed by atoms with Gasteiger partial charge >= 0.3 is 0 Å². The number of benzene rings is 1. The Labute approximate surface area is 164 Å². The van der Waals surface area contributed by atoms with Crippen LogP contribution in [0.4, 0.5) is 5.82 Å². The number of rotatable bonds is 5. The highest BCUT2D eigenvalue weighted by molar-refractivity contribution is 7.89. The molecule has 0 unspecified atom stereocenters. The average Bonchev–Trinajstić information content (AvgIpc) is 3.22.